The molecule has 0 amide bonds. The Morgan fingerprint density at radius 2 is 1.48 bits per heavy atom. The summed E-state index contributed by atoms with van der Waals surface area (Å²) in [7, 11) is 1.79. The van der Waals surface area contributed by atoms with E-state index in [0.29, 0.717) is 0 Å². The Morgan fingerprint density at radius 3 is 1.86 bits per heavy atom. The summed E-state index contributed by atoms with van der Waals surface area (Å²) in [4.78, 5) is 4.21. The van der Waals surface area contributed by atoms with Gasteiger partial charge in [0, 0.05) is 58.0 Å². The molecule has 0 spiro atoms. The van der Waals surface area contributed by atoms with Gasteiger partial charge in [-0.05, 0) is 25.0 Å². The van der Waals surface area contributed by atoms with E-state index < -0.39 is 0 Å². The Hall–Kier alpha value is -2.31. The number of aryl methyl sites for hydroxylation is 2. The predicted molar refractivity (Wildman–Crippen MR) is 83.1 cm³/mol. The van der Waals surface area contributed by atoms with Gasteiger partial charge in [0.15, 0.2) is 5.96 Å². The van der Waals surface area contributed by atoms with E-state index in [4.69, 9.17) is 0 Å². The molecule has 2 rings (SSSR count). The third kappa shape index (κ3) is 5.68. The smallest absolute Gasteiger partial charge is 0.190 e. The van der Waals surface area contributed by atoms with Crippen molar-refractivity contribution in [2.75, 3.05) is 20.1 Å². The van der Waals surface area contributed by atoms with Gasteiger partial charge in [-0.15, -0.1) is 0 Å². The van der Waals surface area contributed by atoms with E-state index in [1.54, 1.807) is 19.4 Å². The number of rotatable bonds is 8. The molecule has 114 valence electrons. The van der Waals surface area contributed by atoms with Crippen LogP contribution in [0.15, 0.2) is 41.9 Å². The first-order valence-electron chi connectivity index (χ1n) is 7.28. The van der Waals surface area contributed by atoms with Crippen molar-refractivity contribution in [1.29, 1.82) is 0 Å². The summed E-state index contributed by atoms with van der Waals surface area (Å²) in [5.41, 5.74) is 0. The monoisotopic (exact) mass is 289 g/mol. The third-order valence-electron chi connectivity index (χ3n) is 3.05. The maximum absolute atomic E-state index is 4.21. The zero-order chi connectivity index (χ0) is 14.8. The molecule has 0 aromatic carbocycles. The molecular formula is C14H23N7. The van der Waals surface area contributed by atoms with Gasteiger partial charge in [0.1, 0.15) is 0 Å². The van der Waals surface area contributed by atoms with E-state index in [9.17, 15) is 0 Å². The lowest BCUT2D eigenvalue weighted by atomic mass is 10.4. The summed E-state index contributed by atoms with van der Waals surface area (Å²) in [5.74, 6) is 0.843. The largest absolute Gasteiger partial charge is 0.356 e. The van der Waals surface area contributed by atoms with Gasteiger partial charge >= 0.3 is 0 Å². The second-order valence-electron chi connectivity index (χ2n) is 4.67. The molecule has 2 heterocycles. The number of hydrogen-bond acceptors (Lipinski definition) is 3. The van der Waals surface area contributed by atoms with Crippen molar-refractivity contribution >= 4 is 5.96 Å². The topological polar surface area (TPSA) is 72.1 Å². The van der Waals surface area contributed by atoms with Crippen molar-refractivity contribution in [3.63, 3.8) is 0 Å². The minimum Gasteiger partial charge on any atom is -0.356 e. The van der Waals surface area contributed by atoms with Crippen molar-refractivity contribution in [2.24, 2.45) is 4.99 Å². The van der Waals surface area contributed by atoms with Crippen LogP contribution in [0.2, 0.25) is 0 Å². The molecule has 0 aliphatic heterocycles. The van der Waals surface area contributed by atoms with Crippen LogP contribution in [0, 0.1) is 0 Å². The second kappa shape index (κ2) is 8.78. The van der Waals surface area contributed by atoms with Crippen LogP contribution in [0.3, 0.4) is 0 Å². The molecule has 0 saturated carbocycles. The molecule has 0 aliphatic carbocycles. The lowest BCUT2D eigenvalue weighted by Crippen LogP contribution is -2.38. The Bertz CT molecular complexity index is 457. The standard InChI is InChI=1S/C14H23N7/c1-15-14(16-6-2-10-20-12-4-8-18-20)17-7-3-11-21-13-5-9-19-21/h4-5,8-9,12-13H,2-3,6-7,10-11H2,1H3,(H2,15,16,17). The van der Waals surface area contributed by atoms with Crippen LogP contribution in [0.1, 0.15) is 12.8 Å². The zero-order valence-corrected chi connectivity index (χ0v) is 12.4. The molecule has 2 aromatic rings. The van der Waals surface area contributed by atoms with Crippen molar-refractivity contribution in [1.82, 2.24) is 30.2 Å². The molecule has 0 radical (unpaired) electrons. The maximum atomic E-state index is 4.21. The predicted octanol–water partition coefficient (Wildman–Crippen LogP) is 0.725. The average Bonchev–Trinajstić information content (AvgIpc) is 3.19. The Morgan fingerprint density at radius 1 is 0.952 bits per heavy atom. The fraction of sp³-hybridized carbons (Fsp3) is 0.500. The normalized spacial score (nSPS) is 10.3. The first-order valence-corrected chi connectivity index (χ1v) is 7.28. The van der Waals surface area contributed by atoms with E-state index in [0.717, 1.165) is 45.0 Å². The Labute approximate surface area is 125 Å². The van der Waals surface area contributed by atoms with Gasteiger partial charge in [-0.2, -0.15) is 10.2 Å². The average molecular weight is 289 g/mol. The fourth-order valence-corrected chi connectivity index (χ4v) is 1.98. The molecule has 0 bridgehead atoms. The molecule has 0 aliphatic rings. The molecule has 2 aromatic heterocycles. The van der Waals surface area contributed by atoms with Gasteiger partial charge in [-0.1, -0.05) is 0 Å². The number of aromatic nitrogens is 4. The maximum Gasteiger partial charge on any atom is 0.190 e. The highest BCUT2D eigenvalue weighted by atomic mass is 15.3. The van der Waals surface area contributed by atoms with Crippen LogP contribution < -0.4 is 10.6 Å². The fourth-order valence-electron chi connectivity index (χ4n) is 1.98. The van der Waals surface area contributed by atoms with Crippen LogP contribution in [0.4, 0.5) is 0 Å². The van der Waals surface area contributed by atoms with Crippen LogP contribution in [-0.2, 0) is 13.1 Å². The van der Waals surface area contributed by atoms with Crippen molar-refractivity contribution in [3.05, 3.63) is 36.9 Å². The van der Waals surface area contributed by atoms with Crippen molar-refractivity contribution in [2.45, 2.75) is 25.9 Å². The van der Waals surface area contributed by atoms with Crippen LogP contribution in [0.5, 0.6) is 0 Å². The second-order valence-corrected chi connectivity index (χ2v) is 4.67. The van der Waals surface area contributed by atoms with Crippen molar-refractivity contribution in [3.8, 4) is 0 Å². The molecule has 0 fully saturated rings. The zero-order valence-electron chi connectivity index (χ0n) is 12.4. The highest BCUT2D eigenvalue weighted by Gasteiger charge is 1.97. The SMILES string of the molecule is CN=C(NCCCn1cccn1)NCCCn1cccn1. The minimum absolute atomic E-state index is 0.843. The van der Waals surface area contributed by atoms with Crippen LogP contribution in [-0.4, -0.2) is 45.7 Å². The lowest BCUT2D eigenvalue weighted by molar-refractivity contribution is 0.560. The van der Waals surface area contributed by atoms with E-state index in [2.05, 4.69) is 25.8 Å². The summed E-state index contributed by atoms with van der Waals surface area (Å²) < 4.78 is 3.86. The first-order chi connectivity index (χ1) is 10.4. The van der Waals surface area contributed by atoms with Gasteiger partial charge in [-0.3, -0.25) is 14.4 Å². The summed E-state index contributed by atoms with van der Waals surface area (Å²) in [6.07, 6.45) is 9.57. The summed E-state index contributed by atoms with van der Waals surface area (Å²) in [6.45, 7) is 3.57. The van der Waals surface area contributed by atoms with Gasteiger partial charge < -0.3 is 10.6 Å². The first kappa shape index (κ1) is 15.1. The molecule has 0 atom stereocenters. The quantitative estimate of drug-likeness (QED) is 0.427. The Balaban J connectivity index is 1.53. The summed E-state index contributed by atoms with van der Waals surface area (Å²) in [6, 6.07) is 3.88. The molecule has 21 heavy (non-hydrogen) atoms. The van der Waals surface area contributed by atoms with E-state index >= 15 is 0 Å². The summed E-state index contributed by atoms with van der Waals surface area (Å²) in [5, 5.41) is 14.9. The summed E-state index contributed by atoms with van der Waals surface area (Å²) >= 11 is 0. The highest BCUT2D eigenvalue weighted by Crippen LogP contribution is 1.89. The van der Waals surface area contributed by atoms with Crippen LogP contribution in [0.25, 0.3) is 0 Å². The molecule has 7 heteroatoms. The lowest BCUT2D eigenvalue weighted by Gasteiger charge is -2.11. The van der Waals surface area contributed by atoms with E-state index in [1.807, 2.05) is 33.9 Å². The van der Waals surface area contributed by atoms with E-state index in [1.165, 1.54) is 0 Å². The Kier molecular flexibility index (Phi) is 6.31. The number of nitrogens with one attached hydrogen (secondary N) is 2. The molecule has 0 unspecified atom stereocenters. The molecule has 7 nitrogen and oxygen atoms in total. The molecule has 2 N–H and O–H groups in total. The number of aliphatic imine (C=N–C) groups is 1. The highest BCUT2D eigenvalue weighted by molar-refractivity contribution is 5.79. The number of guanidine groups is 1. The minimum atomic E-state index is 0.843. The van der Waals surface area contributed by atoms with Gasteiger partial charge in [0.05, 0.1) is 0 Å². The van der Waals surface area contributed by atoms with Gasteiger partial charge in [0.2, 0.25) is 0 Å². The molecule has 0 saturated heterocycles. The molecular weight excluding hydrogens is 266 g/mol. The number of nitrogens with zero attached hydrogens (tertiary/aromatic N) is 5. The number of hydrogen-bond donors (Lipinski definition) is 2. The van der Waals surface area contributed by atoms with E-state index in [-0.39, 0.29) is 0 Å². The third-order valence-corrected chi connectivity index (χ3v) is 3.05. The van der Waals surface area contributed by atoms with Crippen LogP contribution >= 0.6 is 0 Å². The van der Waals surface area contributed by atoms with Crippen molar-refractivity contribution < 1.29 is 0 Å². The van der Waals surface area contributed by atoms with Gasteiger partial charge in [-0.25, -0.2) is 0 Å². The van der Waals surface area contributed by atoms with Gasteiger partial charge in [0.25, 0.3) is 0 Å².